The molecular weight excluding hydrogens is 282 g/mol. The van der Waals surface area contributed by atoms with E-state index in [9.17, 15) is 9.59 Å². The molecule has 0 bridgehead atoms. The lowest BCUT2D eigenvalue weighted by Gasteiger charge is -2.16. The molecule has 0 spiro atoms. The van der Waals surface area contributed by atoms with Crippen LogP contribution in [-0.4, -0.2) is 25.1 Å². The first-order valence-electron chi connectivity index (χ1n) is 7.48. The Morgan fingerprint density at radius 2 is 1.91 bits per heavy atom. The number of carbonyl (C=O) groups is 2. The molecular formula is C17H25NO4. The van der Waals surface area contributed by atoms with E-state index in [4.69, 9.17) is 9.47 Å². The highest BCUT2D eigenvalue weighted by Gasteiger charge is 2.19. The molecule has 122 valence electrons. The number of anilines is 1. The average molecular weight is 307 g/mol. The van der Waals surface area contributed by atoms with E-state index in [-0.39, 0.29) is 11.9 Å². The van der Waals surface area contributed by atoms with Gasteiger partial charge in [-0.05, 0) is 43.9 Å². The van der Waals surface area contributed by atoms with Gasteiger partial charge in [-0.3, -0.25) is 9.59 Å². The van der Waals surface area contributed by atoms with Gasteiger partial charge >= 0.3 is 5.97 Å². The quantitative estimate of drug-likeness (QED) is 0.785. The summed E-state index contributed by atoms with van der Waals surface area (Å²) in [6.45, 7) is 7.55. The molecule has 5 nitrogen and oxygen atoms in total. The minimum atomic E-state index is -0.843. The molecule has 0 aliphatic carbocycles. The zero-order valence-electron chi connectivity index (χ0n) is 13.9. The number of esters is 1. The molecule has 1 atom stereocenters. The smallest absolute Gasteiger partial charge is 0.306 e. The summed E-state index contributed by atoms with van der Waals surface area (Å²) in [5, 5.41) is 2.73. The van der Waals surface area contributed by atoms with Crippen LogP contribution in [0.15, 0.2) is 18.2 Å². The van der Waals surface area contributed by atoms with Crippen molar-refractivity contribution in [1.82, 2.24) is 0 Å². The van der Waals surface area contributed by atoms with Crippen molar-refractivity contribution in [1.29, 1.82) is 0 Å². The van der Waals surface area contributed by atoms with Crippen molar-refractivity contribution in [3.8, 4) is 5.75 Å². The number of hydrogen-bond acceptors (Lipinski definition) is 4. The molecule has 1 rings (SSSR count). The molecule has 0 saturated heterocycles. The third-order valence-corrected chi connectivity index (χ3v) is 3.22. The minimum Gasteiger partial charge on any atom is -0.495 e. The van der Waals surface area contributed by atoms with E-state index in [1.54, 1.807) is 13.0 Å². The molecule has 0 heterocycles. The number of carbonyl (C=O) groups excluding carboxylic acids is 2. The van der Waals surface area contributed by atoms with Gasteiger partial charge in [-0.2, -0.15) is 0 Å². The second-order valence-electron chi connectivity index (χ2n) is 5.76. The number of ether oxygens (including phenoxy) is 2. The Balaban J connectivity index is 2.61. The van der Waals surface area contributed by atoms with E-state index in [1.165, 1.54) is 7.11 Å². The number of rotatable bonds is 7. The molecule has 0 aromatic heterocycles. The summed E-state index contributed by atoms with van der Waals surface area (Å²) in [5.41, 5.74) is 1.57. The Morgan fingerprint density at radius 3 is 2.50 bits per heavy atom. The van der Waals surface area contributed by atoms with Crippen molar-refractivity contribution in [2.75, 3.05) is 12.4 Å². The molecule has 1 aromatic carbocycles. The zero-order valence-corrected chi connectivity index (χ0v) is 13.9. The van der Waals surface area contributed by atoms with Crippen molar-refractivity contribution in [2.24, 2.45) is 5.92 Å². The first kappa shape index (κ1) is 18.0. The number of methoxy groups -OCH3 is 1. The van der Waals surface area contributed by atoms with Crippen molar-refractivity contribution in [3.05, 3.63) is 23.8 Å². The Labute approximate surface area is 132 Å². The lowest BCUT2D eigenvalue weighted by Crippen LogP contribution is -2.30. The summed E-state index contributed by atoms with van der Waals surface area (Å²) in [7, 11) is 1.54. The van der Waals surface area contributed by atoms with Gasteiger partial charge in [0, 0.05) is 6.42 Å². The summed E-state index contributed by atoms with van der Waals surface area (Å²) in [6, 6.07) is 5.48. The van der Waals surface area contributed by atoms with Gasteiger partial charge in [0.2, 0.25) is 0 Å². The van der Waals surface area contributed by atoms with Crippen molar-refractivity contribution in [2.45, 2.75) is 46.6 Å². The number of benzene rings is 1. The number of aryl methyl sites for hydroxylation is 1. The third kappa shape index (κ3) is 5.76. The predicted molar refractivity (Wildman–Crippen MR) is 86.0 cm³/mol. The maximum Gasteiger partial charge on any atom is 0.306 e. The molecule has 5 heteroatoms. The summed E-state index contributed by atoms with van der Waals surface area (Å²) in [4.78, 5) is 23.8. The van der Waals surface area contributed by atoms with Crippen LogP contribution < -0.4 is 10.1 Å². The number of amides is 1. The molecule has 0 aliphatic heterocycles. The van der Waals surface area contributed by atoms with Crippen LogP contribution in [0.25, 0.3) is 0 Å². The normalized spacial score (nSPS) is 11.9. The molecule has 0 fully saturated rings. The summed E-state index contributed by atoms with van der Waals surface area (Å²) in [5.74, 6) is 0.264. The molecule has 22 heavy (non-hydrogen) atoms. The molecule has 0 radical (unpaired) electrons. The second-order valence-corrected chi connectivity index (χ2v) is 5.76. The van der Waals surface area contributed by atoms with Crippen LogP contribution in [0.1, 0.15) is 39.2 Å². The van der Waals surface area contributed by atoms with E-state index >= 15 is 0 Å². The average Bonchev–Trinajstić information content (AvgIpc) is 2.45. The molecule has 1 N–H and O–H groups in total. The minimum absolute atomic E-state index is 0.322. The van der Waals surface area contributed by atoms with Crippen molar-refractivity contribution in [3.63, 3.8) is 0 Å². The van der Waals surface area contributed by atoms with Gasteiger partial charge in [-0.15, -0.1) is 0 Å². The SMILES string of the molecule is COc1ccc(C)cc1NC(=O)[C@@H](C)OC(=O)CCC(C)C. The highest BCUT2D eigenvalue weighted by Crippen LogP contribution is 2.25. The highest BCUT2D eigenvalue weighted by molar-refractivity contribution is 5.96. The Hall–Kier alpha value is -2.04. The van der Waals surface area contributed by atoms with E-state index < -0.39 is 6.10 Å². The van der Waals surface area contributed by atoms with Gasteiger partial charge < -0.3 is 14.8 Å². The van der Waals surface area contributed by atoms with Crippen molar-refractivity contribution < 1.29 is 19.1 Å². The summed E-state index contributed by atoms with van der Waals surface area (Å²) < 4.78 is 10.4. The Bertz CT molecular complexity index is 525. The monoisotopic (exact) mass is 307 g/mol. The van der Waals surface area contributed by atoms with E-state index in [1.807, 2.05) is 32.9 Å². The van der Waals surface area contributed by atoms with Gasteiger partial charge in [0.25, 0.3) is 5.91 Å². The van der Waals surface area contributed by atoms with Crippen LogP contribution >= 0.6 is 0 Å². The van der Waals surface area contributed by atoms with Crippen LogP contribution in [0.2, 0.25) is 0 Å². The molecule has 1 aromatic rings. The van der Waals surface area contributed by atoms with E-state index in [0.29, 0.717) is 23.8 Å². The van der Waals surface area contributed by atoms with Gasteiger partial charge in [0.15, 0.2) is 6.10 Å². The molecule has 0 aliphatic rings. The molecule has 0 unspecified atom stereocenters. The first-order chi connectivity index (χ1) is 10.3. The Kier molecular flexibility index (Phi) is 6.89. The van der Waals surface area contributed by atoms with Gasteiger partial charge in [0.1, 0.15) is 5.75 Å². The summed E-state index contributed by atoms with van der Waals surface area (Å²) in [6.07, 6.45) is 0.229. The van der Waals surface area contributed by atoms with Crippen LogP contribution in [-0.2, 0) is 14.3 Å². The fourth-order valence-electron chi connectivity index (χ4n) is 1.87. The number of nitrogens with one attached hydrogen (secondary N) is 1. The maximum atomic E-state index is 12.1. The van der Waals surface area contributed by atoms with E-state index in [0.717, 1.165) is 12.0 Å². The van der Waals surface area contributed by atoms with Gasteiger partial charge in [-0.25, -0.2) is 0 Å². The lowest BCUT2D eigenvalue weighted by molar-refractivity contribution is -0.153. The topological polar surface area (TPSA) is 64.6 Å². The molecule has 0 saturated carbocycles. The van der Waals surface area contributed by atoms with Crippen LogP contribution in [0.5, 0.6) is 5.75 Å². The predicted octanol–water partition coefficient (Wildman–Crippen LogP) is 3.31. The lowest BCUT2D eigenvalue weighted by atomic mass is 10.1. The van der Waals surface area contributed by atoms with Gasteiger partial charge in [0.05, 0.1) is 12.8 Å². The van der Waals surface area contributed by atoms with Gasteiger partial charge in [-0.1, -0.05) is 19.9 Å². The number of hydrogen-bond donors (Lipinski definition) is 1. The first-order valence-corrected chi connectivity index (χ1v) is 7.48. The standard InChI is InChI=1S/C17H25NO4/c1-11(2)6-9-16(19)22-13(4)17(20)18-14-10-12(3)7-8-15(14)21-5/h7-8,10-11,13H,6,9H2,1-5H3,(H,18,20)/t13-/m1/s1. The molecule has 1 amide bonds. The van der Waals surface area contributed by atoms with E-state index in [2.05, 4.69) is 5.32 Å². The Morgan fingerprint density at radius 1 is 1.23 bits per heavy atom. The fourth-order valence-corrected chi connectivity index (χ4v) is 1.87. The fraction of sp³-hybridized carbons (Fsp3) is 0.529. The zero-order chi connectivity index (χ0) is 16.7. The highest BCUT2D eigenvalue weighted by atomic mass is 16.5. The van der Waals surface area contributed by atoms with Crippen LogP contribution in [0.3, 0.4) is 0 Å². The largest absolute Gasteiger partial charge is 0.495 e. The second kappa shape index (κ2) is 8.41. The summed E-state index contributed by atoms with van der Waals surface area (Å²) >= 11 is 0. The van der Waals surface area contributed by atoms with Crippen molar-refractivity contribution >= 4 is 17.6 Å². The maximum absolute atomic E-state index is 12.1. The van der Waals surface area contributed by atoms with Crippen LogP contribution in [0.4, 0.5) is 5.69 Å². The van der Waals surface area contributed by atoms with Crippen LogP contribution in [0, 0.1) is 12.8 Å². The third-order valence-electron chi connectivity index (χ3n) is 3.22.